The highest BCUT2D eigenvalue weighted by Crippen LogP contribution is 2.34. The third-order valence-electron chi connectivity index (χ3n) is 5.87. The number of aromatic amines is 1. The van der Waals surface area contributed by atoms with Gasteiger partial charge in [-0.05, 0) is 54.3 Å². The number of fused-ring (bicyclic) bond motifs is 2. The predicted molar refractivity (Wildman–Crippen MR) is 123 cm³/mol. The molecule has 2 aromatic heterocycles. The molecule has 0 bridgehead atoms. The lowest BCUT2D eigenvalue weighted by molar-refractivity contribution is -0.139. The molecule has 0 saturated carbocycles. The number of aromatic nitrogens is 2. The molecule has 0 aliphatic rings. The van der Waals surface area contributed by atoms with Crippen molar-refractivity contribution >= 4 is 33.7 Å². The number of nitrogens with one attached hydrogen (secondary N) is 1. The van der Waals surface area contributed by atoms with E-state index in [1.165, 1.54) is 0 Å². The third kappa shape index (κ3) is 3.74. The average Bonchev–Trinajstić information content (AvgIpc) is 3.29. The van der Waals surface area contributed by atoms with Gasteiger partial charge < -0.3 is 31.2 Å². The number of H-pyrrole nitrogens is 1. The molecular formula is C24H26N4O4. The summed E-state index contributed by atoms with van der Waals surface area (Å²) in [6.07, 6.45) is 4.11. The largest absolute Gasteiger partial charge is 0.480 e. The quantitative estimate of drug-likeness (QED) is 0.302. The van der Waals surface area contributed by atoms with Crippen molar-refractivity contribution in [2.45, 2.75) is 38.8 Å². The van der Waals surface area contributed by atoms with Crippen LogP contribution in [0.5, 0.6) is 0 Å². The van der Waals surface area contributed by atoms with Gasteiger partial charge in [-0.2, -0.15) is 0 Å². The van der Waals surface area contributed by atoms with Crippen LogP contribution < -0.4 is 11.5 Å². The molecule has 0 aliphatic carbocycles. The van der Waals surface area contributed by atoms with Crippen LogP contribution in [0.4, 0.5) is 0 Å². The van der Waals surface area contributed by atoms with Crippen LogP contribution >= 0.6 is 0 Å². The summed E-state index contributed by atoms with van der Waals surface area (Å²) in [6.45, 7) is 3.98. The smallest absolute Gasteiger partial charge is 0.320 e. The van der Waals surface area contributed by atoms with E-state index in [9.17, 15) is 19.8 Å². The first kappa shape index (κ1) is 21.6. The fourth-order valence-corrected chi connectivity index (χ4v) is 4.37. The number of nitrogens with zero attached hydrogens (tertiary/aromatic N) is 1. The molecule has 0 amide bonds. The summed E-state index contributed by atoms with van der Waals surface area (Å²) in [6, 6.07) is 7.95. The lowest BCUT2D eigenvalue weighted by atomic mass is 10.0. The number of aryl methyl sites for hydroxylation is 2. The van der Waals surface area contributed by atoms with Gasteiger partial charge in [0.2, 0.25) is 0 Å². The van der Waals surface area contributed by atoms with Crippen LogP contribution in [0.3, 0.4) is 0 Å². The zero-order valence-corrected chi connectivity index (χ0v) is 17.9. The normalized spacial score (nSPS) is 13.5. The zero-order chi connectivity index (χ0) is 23.2. The Morgan fingerprint density at radius 1 is 1.00 bits per heavy atom. The Morgan fingerprint density at radius 3 is 2.31 bits per heavy atom. The number of rotatable bonds is 7. The van der Waals surface area contributed by atoms with Crippen LogP contribution in [0, 0.1) is 13.8 Å². The second-order valence-corrected chi connectivity index (χ2v) is 8.31. The Bertz CT molecular complexity index is 1350. The molecule has 2 aromatic carbocycles. The first-order chi connectivity index (χ1) is 15.2. The Hall–Kier alpha value is -3.62. The Morgan fingerprint density at radius 2 is 1.66 bits per heavy atom. The van der Waals surface area contributed by atoms with Crippen LogP contribution in [0.15, 0.2) is 42.7 Å². The summed E-state index contributed by atoms with van der Waals surface area (Å²) in [5, 5.41) is 20.5. The topological polar surface area (TPSA) is 147 Å². The summed E-state index contributed by atoms with van der Waals surface area (Å²) in [5.41, 5.74) is 18.1. The molecule has 0 radical (unpaired) electrons. The second-order valence-electron chi connectivity index (χ2n) is 8.31. The van der Waals surface area contributed by atoms with Gasteiger partial charge in [-0.15, -0.1) is 0 Å². The van der Waals surface area contributed by atoms with Crippen molar-refractivity contribution in [2.75, 3.05) is 0 Å². The molecule has 7 N–H and O–H groups in total. The van der Waals surface area contributed by atoms with Gasteiger partial charge in [0.1, 0.15) is 12.1 Å². The summed E-state index contributed by atoms with van der Waals surface area (Å²) >= 11 is 0. The maximum Gasteiger partial charge on any atom is 0.320 e. The number of carboxylic acids is 2. The molecule has 2 unspecified atom stereocenters. The molecule has 8 nitrogen and oxygen atoms in total. The fraction of sp³-hybridized carbons (Fsp3) is 0.250. The lowest BCUT2D eigenvalue weighted by Gasteiger charge is -2.12. The van der Waals surface area contributed by atoms with Gasteiger partial charge in [0, 0.05) is 41.5 Å². The van der Waals surface area contributed by atoms with E-state index in [1.807, 2.05) is 54.9 Å². The molecule has 4 aromatic rings. The van der Waals surface area contributed by atoms with E-state index in [0.29, 0.717) is 0 Å². The van der Waals surface area contributed by atoms with Gasteiger partial charge >= 0.3 is 11.9 Å². The maximum atomic E-state index is 11.4. The highest BCUT2D eigenvalue weighted by molar-refractivity contribution is 5.96. The number of carbonyl (C=O) groups is 2. The highest BCUT2D eigenvalue weighted by Gasteiger charge is 2.21. The Labute approximate surface area is 184 Å². The fourth-order valence-electron chi connectivity index (χ4n) is 4.37. The minimum Gasteiger partial charge on any atom is -0.480 e. The first-order valence-corrected chi connectivity index (χ1v) is 10.3. The van der Waals surface area contributed by atoms with Crippen LogP contribution in [0.25, 0.3) is 27.5 Å². The van der Waals surface area contributed by atoms with Gasteiger partial charge in [0.15, 0.2) is 0 Å². The van der Waals surface area contributed by atoms with Crippen molar-refractivity contribution in [1.29, 1.82) is 0 Å². The maximum absolute atomic E-state index is 11.4. The summed E-state index contributed by atoms with van der Waals surface area (Å²) < 4.78 is 2.03. The molecule has 32 heavy (non-hydrogen) atoms. The van der Waals surface area contributed by atoms with Gasteiger partial charge in [-0.3, -0.25) is 9.59 Å². The molecular weight excluding hydrogens is 408 g/mol. The second kappa shape index (κ2) is 8.14. The first-order valence-electron chi connectivity index (χ1n) is 10.3. The minimum absolute atomic E-state index is 0.181. The number of hydrogen-bond donors (Lipinski definition) is 5. The molecule has 4 rings (SSSR count). The molecule has 0 spiro atoms. The Balaban J connectivity index is 1.97. The average molecular weight is 434 g/mol. The van der Waals surface area contributed by atoms with Crippen molar-refractivity contribution in [3.8, 4) is 5.69 Å². The Kier molecular flexibility index (Phi) is 5.50. The van der Waals surface area contributed by atoms with Crippen molar-refractivity contribution in [2.24, 2.45) is 11.5 Å². The number of hydrogen-bond acceptors (Lipinski definition) is 4. The minimum atomic E-state index is -1.06. The van der Waals surface area contributed by atoms with Crippen molar-refractivity contribution in [3.63, 3.8) is 0 Å². The van der Waals surface area contributed by atoms with Crippen LogP contribution in [0.2, 0.25) is 0 Å². The molecule has 166 valence electrons. The molecule has 0 aliphatic heterocycles. The van der Waals surface area contributed by atoms with Crippen molar-refractivity contribution in [1.82, 2.24) is 9.55 Å². The molecule has 0 saturated heterocycles. The third-order valence-corrected chi connectivity index (χ3v) is 5.87. The standard InChI is InChI=1S/C24H26N4O4/c1-12-6-18-22(14(10-27-18)8-16(25)23(29)30)20(7-12)28-11-15(9-17(26)24(31)32)21-13(2)4-3-5-19(21)28/h3-7,10-11,16-17,27H,8-9,25-26H2,1-2H3,(H,29,30)(H,31,32). The van der Waals surface area contributed by atoms with E-state index in [1.54, 1.807) is 6.20 Å². The highest BCUT2D eigenvalue weighted by atomic mass is 16.4. The van der Waals surface area contributed by atoms with E-state index < -0.39 is 24.0 Å². The molecule has 8 heteroatoms. The van der Waals surface area contributed by atoms with Crippen LogP contribution in [-0.2, 0) is 22.4 Å². The van der Waals surface area contributed by atoms with Crippen molar-refractivity contribution < 1.29 is 19.8 Å². The van der Waals surface area contributed by atoms with Crippen molar-refractivity contribution in [3.05, 3.63) is 65.0 Å². The summed E-state index contributed by atoms with van der Waals surface area (Å²) in [4.78, 5) is 26.0. The number of nitrogens with two attached hydrogens (primary N) is 2. The summed E-state index contributed by atoms with van der Waals surface area (Å²) in [7, 11) is 0. The number of carboxylic acid groups (broad SMARTS) is 2. The van der Waals surface area contributed by atoms with Gasteiger partial charge in [0.05, 0.1) is 11.2 Å². The summed E-state index contributed by atoms with van der Waals surface area (Å²) in [5.74, 6) is -2.10. The molecule has 2 atom stereocenters. The van der Waals surface area contributed by atoms with E-state index in [4.69, 9.17) is 11.5 Å². The monoisotopic (exact) mass is 434 g/mol. The van der Waals surface area contributed by atoms with Crippen LogP contribution in [0.1, 0.15) is 22.3 Å². The van der Waals surface area contributed by atoms with E-state index >= 15 is 0 Å². The predicted octanol–water partition coefficient (Wildman–Crippen LogP) is 2.64. The van der Waals surface area contributed by atoms with Crippen LogP contribution in [-0.4, -0.2) is 43.8 Å². The number of aliphatic carboxylic acids is 2. The van der Waals surface area contributed by atoms with E-state index in [-0.39, 0.29) is 12.8 Å². The lowest BCUT2D eigenvalue weighted by Crippen LogP contribution is -2.32. The molecule has 2 heterocycles. The van der Waals surface area contributed by atoms with E-state index in [2.05, 4.69) is 4.98 Å². The zero-order valence-electron chi connectivity index (χ0n) is 17.9. The van der Waals surface area contributed by atoms with Gasteiger partial charge in [-0.1, -0.05) is 12.1 Å². The van der Waals surface area contributed by atoms with Gasteiger partial charge in [0.25, 0.3) is 0 Å². The van der Waals surface area contributed by atoms with Gasteiger partial charge in [-0.25, -0.2) is 0 Å². The SMILES string of the molecule is Cc1cc(-n2cc(CC(N)C(=O)O)c3c(C)cccc32)c2c(CC(N)C(=O)O)c[nH]c2c1. The molecule has 0 fully saturated rings. The van der Waals surface area contributed by atoms with E-state index in [0.717, 1.165) is 49.7 Å². The number of benzene rings is 2.